The molecule has 3 heterocycles. The maximum absolute atomic E-state index is 8.95. The first-order chi connectivity index (χ1) is 12.7. The minimum Gasteiger partial charge on any atom is -0.349 e. The van der Waals surface area contributed by atoms with E-state index in [4.69, 9.17) is 16.9 Å². The summed E-state index contributed by atoms with van der Waals surface area (Å²) in [6.07, 6.45) is 5.40. The van der Waals surface area contributed by atoms with Gasteiger partial charge in [0.1, 0.15) is 11.9 Å². The smallest absolute Gasteiger partial charge is 0.147 e. The Balaban J connectivity index is 1.49. The fraction of sp³-hybridized carbons (Fsp3) is 0.250. The molecule has 26 heavy (non-hydrogen) atoms. The number of halogens is 1. The van der Waals surface area contributed by atoms with Crippen molar-refractivity contribution < 1.29 is 0 Å². The van der Waals surface area contributed by atoms with Crippen molar-refractivity contribution in [3.8, 4) is 6.07 Å². The molecule has 4 rings (SSSR count). The van der Waals surface area contributed by atoms with Crippen molar-refractivity contribution in [1.29, 1.82) is 5.26 Å². The van der Waals surface area contributed by atoms with Gasteiger partial charge in [0.15, 0.2) is 0 Å². The highest BCUT2D eigenvalue weighted by Gasteiger charge is 2.23. The molecule has 0 aliphatic carbocycles. The predicted molar refractivity (Wildman–Crippen MR) is 101 cm³/mol. The van der Waals surface area contributed by atoms with Crippen LogP contribution in [0.15, 0.2) is 48.9 Å². The van der Waals surface area contributed by atoms with Crippen LogP contribution in [0.1, 0.15) is 22.5 Å². The standard InChI is InChI=1S/C20H18ClN5/c21-17-10-16(11-22)12-23-20(17)25-9-7-19-18(13-25)24-14-26(19)8-6-15-4-2-1-3-5-15/h1-5,10,12,14H,6-9,13H2. The van der Waals surface area contributed by atoms with Crippen molar-refractivity contribution in [3.05, 3.63) is 76.5 Å². The van der Waals surface area contributed by atoms with E-state index in [1.807, 2.05) is 12.4 Å². The molecule has 0 spiro atoms. The summed E-state index contributed by atoms with van der Waals surface area (Å²) in [6, 6.07) is 14.2. The Hall–Kier alpha value is -2.84. The van der Waals surface area contributed by atoms with Crippen LogP contribution in [0.25, 0.3) is 0 Å². The molecule has 3 aromatic rings. The molecule has 1 aliphatic rings. The van der Waals surface area contributed by atoms with Crippen LogP contribution in [0.3, 0.4) is 0 Å². The SMILES string of the molecule is N#Cc1cnc(N2CCc3c(ncn3CCc3ccccc3)C2)c(Cl)c1. The number of anilines is 1. The molecule has 0 atom stereocenters. The van der Waals surface area contributed by atoms with Crippen LogP contribution in [0.4, 0.5) is 5.82 Å². The predicted octanol–water partition coefficient (Wildman–Crippen LogP) is 3.61. The first-order valence-corrected chi connectivity index (χ1v) is 9.00. The summed E-state index contributed by atoms with van der Waals surface area (Å²) in [6.45, 7) is 2.46. The lowest BCUT2D eigenvalue weighted by Crippen LogP contribution is -2.32. The largest absolute Gasteiger partial charge is 0.349 e. The molecule has 6 heteroatoms. The van der Waals surface area contributed by atoms with E-state index in [2.05, 4.69) is 49.8 Å². The summed E-state index contributed by atoms with van der Waals surface area (Å²) in [5.41, 5.74) is 4.18. The van der Waals surface area contributed by atoms with E-state index < -0.39 is 0 Å². The molecule has 5 nitrogen and oxygen atoms in total. The highest BCUT2D eigenvalue weighted by molar-refractivity contribution is 6.33. The van der Waals surface area contributed by atoms with Crippen LogP contribution in [-0.2, 0) is 25.9 Å². The van der Waals surface area contributed by atoms with Crippen molar-refractivity contribution in [2.24, 2.45) is 0 Å². The lowest BCUT2D eigenvalue weighted by molar-refractivity contribution is 0.622. The molecule has 1 aromatic carbocycles. The maximum atomic E-state index is 8.95. The van der Waals surface area contributed by atoms with Crippen molar-refractivity contribution in [1.82, 2.24) is 14.5 Å². The van der Waals surface area contributed by atoms with Gasteiger partial charge in [-0.05, 0) is 18.1 Å². The molecule has 0 saturated carbocycles. The summed E-state index contributed by atoms with van der Waals surface area (Å²) in [7, 11) is 0. The Bertz CT molecular complexity index is 958. The third-order valence-electron chi connectivity index (χ3n) is 4.73. The van der Waals surface area contributed by atoms with Crippen molar-refractivity contribution in [2.45, 2.75) is 25.9 Å². The molecule has 0 fully saturated rings. The van der Waals surface area contributed by atoms with Gasteiger partial charge < -0.3 is 9.47 Å². The van der Waals surface area contributed by atoms with Crippen LogP contribution in [-0.4, -0.2) is 21.1 Å². The first kappa shape index (κ1) is 16.6. The third-order valence-corrected chi connectivity index (χ3v) is 5.00. The summed E-state index contributed by atoms with van der Waals surface area (Å²) in [5, 5.41) is 9.46. The van der Waals surface area contributed by atoms with Crippen LogP contribution in [0.2, 0.25) is 5.02 Å². The number of rotatable bonds is 4. The van der Waals surface area contributed by atoms with Crippen molar-refractivity contribution in [3.63, 3.8) is 0 Å². The monoisotopic (exact) mass is 363 g/mol. The number of fused-ring (bicyclic) bond motifs is 1. The van der Waals surface area contributed by atoms with Gasteiger partial charge in [0.25, 0.3) is 0 Å². The minimum atomic E-state index is 0.474. The van der Waals surface area contributed by atoms with Crippen LogP contribution in [0.5, 0.6) is 0 Å². The average molecular weight is 364 g/mol. The second-order valence-electron chi connectivity index (χ2n) is 6.38. The normalized spacial score (nSPS) is 13.3. The number of nitrogens with zero attached hydrogens (tertiary/aromatic N) is 5. The highest BCUT2D eigenvalue weighted by Crippen LogP contribution is 2.28. The quantitative estimate of drug-likeness (QED) is 0.710. The second-order valence-corrected chi connectivity index (χ2v) is 6.79. The van der Waals surface area contributed by atoms with Crippen molar-refractivity contribution >= 4 is 17.4 Å². The van der Waals surface area contributed by atoms with Gasteiger partial charge >= 0.3 is 0 Å². The Kier molecular flexibility index (Phi) is 4.59. The third kappa shape index (κ3) is 3.29. The van der Waals surface area contributed by atoms with Gasteiger partial charge in [-0.1, -0.05) is 41.9 Å². The molecule has 1 aliphatic heterocycles. The number of aromatic nitrogens is 3. The van der Waals surface area contributed by atoms with E-state index in [9.17, 15) is 0 Å². The molecule has 0 saturated heterocycles. The van der Waals surface area contributed by atoms with Crippen LogP contribution in [0, 0.1) is 11.3 Å². The Morgan fingerprint density at radius 3 is 2.81 bits per heavy atom. The number of hydrogen-bond acceptors (Lipinski definition) is 4. The number of aryl methyl sites for hydroxylation is 2. The van der Waals surface area contributed by atoms with E-state index in [0.29, 0.717) is 17.1 Å². The van der Waals surface area contributed by atoms with Gasteiger partial charge in [0.05, 0.1) is 29.2 Å². The average Bonchev–Trinajstić information content (AvgIpc) is 3.09. The zero-order valence-corrected chi connectivity index (χ0v) is 15.0. The fourth-order valence-corrected chi connectivity index (χ4v) is 3.65. The van der Waals surface area contributed by atoms with E-state index in [-0.39, 0.29) is 0 Å². The van der Waals surface area contributed by atoms with Gasteiger partial charge in [0.2, 0.25) is 0 Å². The molecular weight excluding hydrogens is 346 g/mol. The molecule has 0 amide bonds. The lowest BCUT2D eigenvalue weighted by Gasteiger charge is -2.28. The summed E-state index contributed by atoms with van der Waals surface area (Å²) >= 11 is 6.31. The summed E-state index contributed by atoms with van der Waals surface area (Å²) in [4.78, 5) is 11.1. The van der Waals surface area contributed by atoms with Crippen LogP contribution < -0.4 is 4.90 Å². The number of pyridine rings is 1. The molecule has 2 aromatic heterocycles. The maximum Gasteiger partial charge on any atom is 0.147 e. The van der Waals surface area contributed by atoms with E-state index in [1.165, 1.54) is 11.3 Å². The van der Waals surface area contributed by atoms with E-state index >= 15 is 0 Å². The summed E-state index contributed by atoms with van der Waals surface area (Å²) < 4.78 is 2.26. The molecular formula is C20H18ClN5. The van der Waals surface area contributed by atoms with Gasteiger partial charge in [0, 0.05) is 31.4 Å². The molecule has 0 unspecified atom stereocenters. The first-order valence-electron chi connectivity index (χ1n) is 8.62. The number of hydrogen-bond donors (Lipinski definition) is 0. The number of nitriles is 1. The molecule has 130 valence electrons. The Morgan fingerprint density at radius 2 is 2.04 bits per heavy atom. The van der Waals surface area contributed by atoms with Gasteiger partial charge in [-0.2, -0.15) is 5.26 Å². The Morgan fingerprint density at radius 1 is 1.19 bits per heavy atom. The zero-order valence-electron chi connectivity index (χ0n) is 14.3. The molecule has 0 bridgehead atoms. The van der Waals surface area contributed by atoms with E-state index in [1.54, 1.807) is 12.3 Å². The van der Waals surface area contributed by atoms with Crippen LogP contribution >= 0.6 is 11.6 Å². The molecule has 0 radical (unpaired) electrons. The van der Waals surface area contributed by atoms with Gasteiger partial charge in [-0.15, -0.1) is 0 Å². The highest BCUT2D eigenvalue weighted by atomic mass is 35.5. The second kappa shape index (κ2) is 7.19. The summed E-state index contributed by atoms with van der Waals surface area (Å²) in [5.74, 6) is 0.718. The zero-order chi connectivity index (χ0) is 17.9. The molecule has 0 N–H and O–H groups in total. The lowest BCUT2D eigenvalue weighted by atomic mass is 10.1. The number of imidazole rings is 1. The number of benzene rings is 1. The topological polar surface area (TPSA) is 57.7 Å². The van der Waals surface area contributed by atoms with Gasteiger partial charge in [-0.25, -0.2) is 9.97 Å². The van der Waals surface area contributed by atoms with Gasteiger partial charge in [-0.3, -0.25) is 0 Å². The fourth-order valence-electron chi connectivity index (χ4n) is 3.36. The Labute approximate surface area is 157 Å². The minimum absolute atomic E-state index is 0.474. The van der Waals surface area contributed by atoms with Crippen molar-refractivity contribution in [2.75, 3.05) is 11.4 Å². The van der Waals surface area contributed by atoms with E-state index in [0.717, 1.165) is 37.4 Å².